The number of amides is 1. The number of ether oxygens (including phenoxy) is 1. The number of halogens is 1. The van der Waals surface area contributed by atoms with Gasteiger partial charge in [0.25, 0.3) is 5.91 Å². The topological polar surface area (TPSA) is 121 Å². The Morgan fingerprint density at radius 3 is 2.67 bits per heavy atom. The van der Waals surface area contributed by atoms with Gasteiger partial charge >= 0.3 is 0 Å². The molecule has 4 heterocycles. The highest BCUT2D eigenvalue weighted by Gasteiger charge is 2.48. The molecule has 1 amide bonds. The van der Waals surface area contributed by atoms with E-state index in [-0.39, 0.29) is 22.2 Å². The summed E-state index contributed by atoms with van der Waals surface area (Å²) in [6.07, 6.45) is 11.9. The fourth-order valence-corrected chi connectivity index (χ4v) is 6.26. The molecular weight excluding hydrogens is 528 g/mol. The van der Waals surface area contributed by atoms with E-state index < -0.39 is 0 Å². The molecule has 1 aliphatic heterocycles. The molecule has 1 saturated heterocycles. The van der Waals surface area contributed by atoms with Crippen LogP contribution < -0.4 is 15.0 Å². The first-order chi connectivity index (χ1) is 19.3. The number of nitrogens with zero attached hydrogens (tertiary/aromatic N) is 7. The van der Waals surface area contributed by atoms with E-state index in [0.717, 1.165) is 37.3 Å². The van der Waals surface area contributed by atoms with Crippen molar-refractivity contribution in [1.29, 1.82) is 5.26 Å². The van der Waals surface area contributed by atoms with Crippen LogP contribution in [0.25, 0.3) is 16.8 Å². The Labute approximate surface area is 238 Å². The van der Waals surface area contributed by atoms with Gasteiger partial charge in [-0.2, -0.15) is 10.4 Å². The molecule has 0 spiro atoms. The normalized spacial score (nSPS) is 22.7. The molecule has 5 rings (SSSR count). The van der Waals surface area contributed by atoms with Gasteiger partial charge in [-0.15, -0.1) is 0 Å². The molecule has 1 aliphatic carbocycles. The van der Waals surface area contributed by atoms with E-state index in [4.69, 9.17) is 26.3 Å². The third kappa shape index (κ3) is 5.17. The van der Waals surface area contributed by atoms with Gasteiger partial charge < -0.3 is 15.0 Å². The van der Waals surface area contributed by atoms with E-state index >= 15 is 0 Å². The van der Waals surface area contributed by atoms with Gasteiger partial charge in [0, 0.05) is 24.2 Å². The highest BCUT2D eigenvalue weighted by atomic mass is 35.5. The van der Waals surface area contributed by atoms with E-state index in [9.17, 15) is 10.1 Å². The Hall–Kier alpha value is -4.23. The minimum absolute atomic E-state index is 0.136. The molecule has 2 fully saturated rings. The minimum atomic E-state index is -0.349. The fourth-order valence-electron chi connectivity index (χ4n) is 5.99. The maximum absolute atomic E-state index is 12.9. The molecule has 0 radical (unpaired) electrons. The standard InChI is InChI=1S/C29H31ClN8O2/c1-5-7-23(30)26(32-4)28(39)36-29(3)9-18-15-37(16-19(18)10-29)25-14-33-24(13-34-25)22-8-21(40-6-2)17-38-27(22)20(11-31)12-35-38/h5,7-8,12-14,17-19H,4,6,9-10,15-16H2,1-3H3,(H,36,39)/b7-5-,26-23+/t18-,19+,29?. The molecule has 3 aromatic rings. The molecule has 11 heteroatoms. The average molecular weight is 559 g/mol. The molecule has 3 aromatic heterocycles. The van der Waals surface area contributed by atoms with Crippen LogP contribution in [0.1, 0.15) is 39.2 Å². The van der Waals surface area contributed by atoms with Crippen molar-refractivity contribution in [2.24, 2.45) is 16.8 Å². The number of carbonyl (C=O) groups is 1. The van der Waals surface area contributed by atoms with E-state index in [0.29, 0.717) is 41.0 Å². The number of carbonyl (C=O) groups excluding carboxylic acids is 1. The molecule has 10 nitrogen and oxygen atoms in total. The molecule has 206 valence electrons. The SMILES string of the molecule is C=N/C(C(=O)NC1(C)C[C@H]2CN(c3cnc(-c4cc(OCC)cn5ncc(C#N)c45)cn3)C[C@H]2C1)=C(Cl)\C=C/C. The largest absolute Gasteiger partial charge is 0.492 e. The van der Waals surface area contributed by atoms with Crippen LogP contribution in [0, 0.1) is 23.2 Å². The number of allylic oxidation sites excluding steroid dienone is 3. The Morgan fingerprint density at radius 2 is 2.08 bits per heavy atom. The Morgan fingerprint density at radius 1 is 1.32 bits per heavy atom. The molecule has 40 heavy (non-hydrogen) atoms. The number of aliphatic imine (C=N–C) groups is 1. The van der Waals surface area contributed by atoms with Crippen LogP contribution in [0.2, 0.25) is 0 Å². The first kappa shape index (κ1) is 27.3. The van der Waals surface area contributed by atoms with Gasteiger partial charge in [-0.3, -0.25) is 14.8 Å². The zero-order valence-electron chi connectivity index (χ0n) is 22.8. The number of rotatable bonds is 8. The van der Waals surface area contributed by atoms with Gasteiger partial charge in [0.1, 0.15) is 23.3 Å². The maximum Gasteiger partial charge on any atom is 0.271 e. The monoisotopic (exact) mass is 558 g/mol. The highest BCUT2D eigenvalue weighted by molar-refractivity contribution is 6.33. The lowest BCUT2D eigenvalue weighted by atomic mass is 9.97. The number of pyridine rings is 1. The highest BCUT2D eigenvalue weighted by Crippen LogP contribution is 2.45. The second-order valence-electron chi connectivity index (χ2n) is 10.4. The van der Waals surface area contributed by atoms with Crippen LogP contribution in [0.15, 0.2) is 58.7 Å². The maximum atomic E-state index is 12.9. The number of aromatic nitrogens is 4. The summed E-state index contributed by atoms with van der Waals surface area (Å²) in [5.74, 6) is 1.96. The van der Waals surface area contributed by atoms with E-state index in [1.165, 1.54) is 6.20 Å². The minimum Gasteiger partial charge on any atom is -0.492 e. The van der Waals surface area contributed by atoms with Gasteiger partial charge in [-0.25, -0.2) is 9.50 Å². The molecule has 3 atom stereocenters. The van der Waals surface area contributed by atoms with Crippen molar-refractivity contribution in [2.75, 3.05) is 24.6 Å². The van der Waals surface area contributed by atoms with E-state index in [1.54, 1.807) is 35.3 Å². The zero-order valence-corrected chi connectivity index (χ0v) is 23.5. The van der Waals surface area contributed by atoms with Gasteiger partial charge in [0.15, 0.2) is 0 Å². The molecule has 2 aliphatic rings. The molecule has 0 aromatic carbocycles. The Balaban J connectivity index is 1.30. The molecule has 1 unspecified atom stereocenters. The van der Waals surface area contributed by atoms with E-state index in [1.807, 2.05) is 19.9 Å². The summed E-state index contributed by atoms with van der Waals surface area (Å²) < 4.78 is 7.35. The van der Waals surface area contributed by atoms with Crippen molar-refractivity contribution < 1.29 is 9.53 Å². The van der Waals surface area contributed by atoms with Crippen molar-refractivity contribution in [3.63, 3.8) is 0 Å². The predicted molar refractivity (Wildman–Crippen MR) is 154 cm³/mol. The summed E-state index contributed by atoms with van der Waals surface area (Å²) in [5.41, 5.74) is 2.29. The van der Waals surface area contributed by atoms with Crippen LogP contribution in [0.3, 0.4) is 0 Å². The van der Waals surface area contributed by atoms with Crippen molar-refractivity contribution >= 4 is 35.6 Å². The second kappa shape index (κ2) is 11.1. The van der Waals surface area contributed by atoms with Crippen LogP contribution in [-0.2, 0) is 4.79 Å². The number of fused-ring (bicyclic) bond motifs is 2. The van der Waals surface area contributed by atoms with E-state index in [2.05, 4.69) is 40.0 Å². The van der Waals surface area contributed by atoms with Crippen molar-refractivity contribution in [3.05, 3.63) is 59.3 Å². The van der Waals surface area contributed by atoms with Crippen LogP contribution in [-0.4, -0.2) is 57.4 Å². The number of nitrogens with one attached hydrogen (secondary N) is 1. The fraction of sp³-hybridized carbons (Fsp3) is 0.379. The lowest BCUT2D eigenvalue weighted by Gasteiger charge is -2.29. The Kier molecular flexibility index (Phi) is 7.59. The number of anilines is 1. The van der Waals surface area contributed by atoms with Gasteiger partial charge in [0.2, 0.25) is 0 Å². The lowest BCUT2D eigenvalue weighted by molar-refractivity contribution is -0.119. The van der Waals surface area contributed by atoms with Crippen LogP contribution in [0.5, 0.6) is 5.75 Å². The average Bonchev–Trinajstić information content (AvgIpc) is 3.60. The summed E-state index contributed by atoms with van der Waals surface area (Å²) in [6.45, 7) is 11.5. The molecule has 1 saturated carbocycles. The second-order valence-corrected chi connectivity index (χ2v) is 10.9. The number of hydrogen-bond acceptors (Lipinski definition) is 8. The van der Waals surface area contributed by atoms with Gasteiger partial charge in [-0.05, 0) is 64.3 Å². The smallest absolute Gasteiger partial charge is 0.271 e. The lowest BCUT2D eigenvalue weighted by Crippen LogP contribution is -2.45. The van der Waals surface area contributed by atoms with Crippen molar-refractivity contribution in [3.8, 4) is 23.1 Å². The number of hydrogen-bond donors (Lipinski definition) is 1. The first-order valence-electron chi connectivity index (χ1n) is 13.2. The molecule has 1 N–H and O–H groups in total. The van der Waals surface area contributed by atoms with Gasteiger partial charge in [0.05, 0.1) is 53.2 Å². The van der Waals surface area contributed by atoms with Crippen molar-refractivity contribution in [1.82, 2.24) is 24.9 Å². The third-order valence-corrected chi connectivity index (χ3v) is 7.89. The van der Waals surface area contributed by atoms with Gasteiger partial charge in [-0.1, -0.05) is 17.7 Å². The third-order valence-electron chi connectivity index (χ3n) is 7.59. The summed E-state index contributed by atoms with van der Waals surface area (Å²) in [7, 11) is 0. The van der Waals surface area contributed by atoms with Crippen molar-refractivity contribution in [2.45, 2.75) is 39.2 Å². The summed E-state index contributed by atoms with van der Waals surface area (Å²) in [6, 6.07) is 4.07. The quantitative estimate of drug-likeness (QED) is 0.245. The number of nitriles is 1. The molecular formula is C29H31ClN8O2. The van der Waals surface area contributed by atoms with Crippen LogP contribution in [0.4, 0.5) is 5.82 Å². The van der Waals surface area contributed by atoms with Crippen LogP contribution >= 0.6 is 11.6 Å². The predicted octanol–water partition coefficient (Wildman–Crippen LogP) is 4.51. The zero-order chi connectivity index (χ0) is 28.4. The first-order valence-corrected chi connectivity index (χ1v) is 13.6. The summed E-state index contributed by atoms with van der Waals surface area (Å²) in [4.78, 5) is 28.4. The Bertz CT molecular complexity index is 1540. The summed E-state index contributed by atoms with van der Waals surface area (Å²) in [5, 5.41) is 17.3. The molecule has 0 bridgehead atoms. The summed E-state index contributed by atoms with van der Waals surface area (Å²) >= 11 is 6.22.